The molecule has 1 rings (SSSR count). The lowest BCUT2D eigenvalue weighted by atomic mass is 10.5. The van der Waals surface area contributed by atoms with Gasteiger partial charge < -0.3 is 5.32 Å². The second-order valence-corrected chi connectivity index (χ2v) is 1.68. The average Bonchev–Trinajstić information content (AvgIpc) is 2.52. The second kappa shape index (κ2) is 3.59. The van der Waals surface area contributed by atoms with Crippen molar-refractivity contribution in [3.63, 3.8) is 0 Å². The summed E-state index contributed by atoms with van der Waals surface area (Å²) in [6, 6.07) is 0. The fourth-order valence-corrected chi connectivity index (χ4v) is 0.498. The first-order valence-corrected chi connectivity index (χ1v) is 2.92. The summed E-state index contributed by atoms with van der Waals surface area (Å²) in [5.74, 6) is -0.616. The smallest absolute Gasteiger partial charge is 0.292 e. The summed E-state index contributed by atoms with van der Waals surface area (Å²) in [5.41, 5.74) is 0. The Morgan fingerprint density at radius 2 is 2.55 bits per heavy atom. The Bertz CT molecular complexity index is 222. The summed E-state index contributed by atoms with van der Waals surface area (Å²) >= 11 is 0. The number of H-pyrrole nitrogens is 1. The number of carbonyl (C=O) groups excluding carboxylic acids is 1. The van der Waals surface area contributed by atoms with Gasteiger partial charge in [0.25, 0.3) is 11.7 Å². The first-order valence-electron chi connectivity index (χ1n) is 2.92. The number of hydrogen-bond donors (Lipinski definition) is 2. The van der Waals surface area contributed by atoms with E-state index in [-0.39, 0.29) is 12.4 Å². The maximum atomic E-state index is 11.5. The third-order valence-corrected chi connectivity index (χ3v) is 0.928. The fraction of sp³-hybridized carbons (Fsp3) is 0.500. The Labute approximate surface area is 61.2 Å². The summed E-state index contributed by atoms with van der Waals surface area (Å²) in [4.78, 5) is 10.8. The second-order valence-electron chi connectivity index (χ2n) is 1.68. The fourth-order valence-electron chi connectivity index (χ4n) is 0.498. The van der Waals surface area contributed by atoms with Gasteiger partial charge >= 0.3 is 0 Å². The lowest BCUT2D eigenvalue weighted by Crippen LogP contribution is -2.26. The SMILES string of the molecule is O=C(NCCF)c1nn[nH]n1. The van der Waals surface area contributed by atoms with Crippen molar-refractivity contribution in [3.05, 3.63) is 5.82 Å². The lowest BCUT2D eigenvalue weighted by Gasteiger charge is -1.94. The van der Waals surface area contributed by atoms with Gasteiger partial charge in [-0.05, 0) is 5.21 Å². The zero-order valence-electron chi connectivity index (χ0n) is 5.54. The number of tetrazole rings is 1. The number of aromatic amines is 1. The van der Waals surface area contributed by atoms with E-state index in [0.29, 0.717) is 0 Å². The number of alkyl halides is 1. The highest BCUT2D eigenvalue weighted by molar-refractivity contribution is 5.89. The van der Waals surface area contributed by atoms with Crippen LogP contribution in [0.2, 0.25) is 0 Å². The van der Waals surface area contributed by atoms with Crippen LogP contribution in [-0.4, -0.2) is 39.8 Å². The Morgan fingerprint density at radius 3 is 3.09 bits per heavy atom. The molecule has 0 fully saturated rings. The molecule has 1 amide bonds. The summed E-state index contributed by atoms with van der Waals surface area (Å²) in [6.07, 6.45) is 0. The molecular formula is C4H6FN5O. The van der Waals surface area contributed by atoms with Gasteiger partial charge in [0.15, 0.2) is 0 Å². The lowest BCUT2D eigenvalue weighted by molar-refractivity contribution is 0.0940. The van der Waals surface area contributed by atoms with Gasteiger partial charge in [-0.25, -0.2) is 4.39 Å². The van der Waals surface area contributed by atoms with Crippen LogP contribution < -0.4 is 5.32 Å². The van der Waals surface area contributed by atoms with Gasteiger partial charge in [0, 0.05) is 6.54 Å². The van der Waals surface area contributed by atoms with Crippen LogP contribution >= 0.6 is 0 Å². The van der Waals surface area contributed by atoms with Crippen molar-refractivity contribution in [2.45, 2.75) is 0 Å². The molecule has 0 spiro atoms. The van der Waals surface area contributed by atoms with Crippen molar-refractivity contribution in [3.8, 4) is 0 Å². The van der Waals surface area contributed by atoms with Gasteiger partial charge in [-0.1, -0.05) is 0 Å². The highest BCUT2D eigenvalue weighted by Gasteiger charge is 2.08. The minimum Gasteiger partial charge on any atom is -0.347 e. The van der Waals surface area contributed by atoms with E-state index in [4.69, 9.17) is 0 Å². The predicted octanol–water partition coefficient (Wildman–Crippen LogP) is -1.10. The largest absolute Gasteiger partial charge is 0.347 e. The number of amides is 1. The molecule has 0 unspecified atom stereocenters. The third-order valence-electron chi connectivity index (χ3n) is 0.928. The molecule has 0 aliphatic heterocycles. The van der Waals surface area contributed by atoms with Crippen LogP contribution in [0.5, 0.6) is 0 Å². The Morgan fingerprint density at radius 1 is 1.73 bits per heavy atom. The van der Waals surface area contributed by atoms with E-state index in [1.165, 1.54) is 0 Å². The van der Waals surface area contributed by atoms with E-state index in [1.807, 2.05) is 0 Å². The number of halogens is 1. The van der Waals surface area contributed by atoms with Crippen LogP contribution in [0, 0.1) is 0 Å². The number of nitrogens with zero attached hydrogens (tertiary/aromatic N) is 3. The highest BCUT2D eigenvalue weighted by atomic mass is 19.1. The van der Waals surface area contributed by atoms with Gasteiger partial charge in [-0.3, -0.25) is 4.79 Å². The van der Waals surface area contributed by atoms with Crippen molar-refractivity contribution < 1.29 is 9.18 Å². The molecule has 0 aromatic carbocycles. The van der Waals surface area contributed by atoms with Crippen molar-refractivity contribution in [1.82, 2.24) is 25.9 Å². The molecular weight excluding hydrogens is 153 g/mol. The molecule has 11 heavy (non-hydrogen) atoms. The number of hydrogen-bond acceptors (Lipinski definition) is 4. The molecule has 0 saturated carbocycles. The van der Waals surface area contributed by atoms with Crippen LogP contribution in [-0.2, 0) is 0 Å². The quantitative estimate of drug-likeness (QED) is 0.586. The third kappa shape index (κ3) is 1.95. The molecule has 0 aliphatic carbocycles. The number of rotatable bonds is 3. The standard InChI is InChI=1S/C4H6FN5O/c5-1-2-6-4(11)3-7-9-10-8-3/h1-2H2,(H,6,11)(H,7,8,9,10). The normalized spacial score (nSPS) is 9.55. The minimum absolute atomic E-state index is 0.0344. The van der Waals surface area contributed by atoms with Crippen molar-refractivity contribution in [2.75, 3.05) is 13.2 Å². The van der Waals surface area contributed by atoms with E-state index < -0.39 is 12.6 Å². The summed E-state index contributed by atoms with van der Waals surface area (Å²) in [7, 11) is 0. The van der Waals surface area contributed by atoms with E-state index >= 15 is 0 Å². The highest BCUT2D eigenvalue weighted by Crippen LogP contribution is 1.81. The summed E-state index contributed by atoms with van der Waals surface area (Å²) in [6.45, 7) is -0.642. The van der Waals surface area contributed by atoms with E-state index in [1.54, 1.807) is 0 Å². The van der Waals surface area contributed by atoms with Crippen LogP contribution in [0.4, 0.5) is 4.39 Å². The first-order chi connectivity index (χ1) is 5.34. The molecule has 60 valence electrons. The van der Waals surface area contributed by atoms with Gasteiger partial charge in [0.05, 0.1) is 0 Å². The van der Waals surface area contributed by atoms with Gasteiger partial charge in [0.2, 0.25) is 0 Å². The van der Waals surface area contributed by atoms with E-state index in [2.05, 4.69) is 25.9 Å². The predicted molar refractivity (Wildman–Crippen MR) is 32.5 cm³/mol. The maximum Gasteiger partial charge on any atom is 0.292 e. The van der Waals surface area contributed by atoms with Crippen LogP contribution in [0.1, 0.15) is 10.6 Å². The molecule has 0 aliphatic rings. The molecule has 0 bridgehead atoms. The van der Waals surface area contributed by atoms with Crippen molar-refractivity contribution in [1.29, 1.82) is 0 Å². The van der Waals surface area contributed by atoms with Gasteiger partial charge in [-0.2, -0.15) is 5.21 Å². The van der Waals surface area contributed by atoms with E-state index in [9.17, 15) is 9.18 Å². The van der Waals surface area contributed by atoms with Crippen LogP contribution in [0.25, 0.3) is 0 Å². The Kier molecular flexibility index (Phi) is 2.47. The van der Waals surface area contributed by atoms with Gasteiger partial charge in [-0.15, -0.1) is 10.2 Å². The van der Waals surface area contributed by atoms with E-state index in [0.717, 1.165) is 0 Å². The zero-order chi connectivity index (χ0) is 8.10. The van der Waals surface area contributed by atoms with Crippen molar-refractivity contribution >= 4 is 5.91 Å². The Hall–Kier alpha value is -1.53. The first kappa shape index (κ1) is 7.58. The molecule has 7 heteroatoms. The molecule has 2 N–H and O–H groups in total. The molecule has 0 saturated heterocycles. The minimum atomic E-state index is -0.608. The number of nitrogens with one attached hydrogen (secondary N) is 2. The summed E-state index contributed by atoms with van der Waals surface area (Å²) < 4.78 is 11.5. The molecule has 0 radical (unpaired) electrons. The topological polar surface area (TPSA) is 83.6 Å². The molecule has 1 heterocycles. The van der Waals surface area contributed by atoms with Crippen LogP contribution in [0.15, 0.2) is 0 Å². The number of carbonyl (C=O) groups is 1. The van der Waals surface area contributed by atoms with Gasteiger partial charge in [0.1, 0.15) is 6.67 Å². The Balaban J connectivity index is 2.43. The number of aromatic nitrogens is 4. The van der Waals surface area contributed by atoms with Crippen molar-refractivity contribution in [2.24, 2.45) is 0 Å². The zero-order valence-corrected chi connectivity index (χ0v) is 5.54. The molecule has 6 nitrogen and oxygen atoms in total. The average molecular weight is 159 g/mol. The molecule has 1 aromatic heterocycles. The van der Waals surface area contributed by atoms with Crippen LogP contribution in [0.3, 0.4) is 0 Å². The maximum absolute atomic E-state index is 11.5. The molecule has 1 aromatic rings. The summed E-state index contributed by atoms with van der Waals surface area (Å²) in [5, 5.41) is 14.3. The monoisotopic (exact) mass is 159 g/mol. The molecule has 0 atom stereocenters.